The van der Waals surface area contributed by atoms with Crippen molar-refractivity contribution in [3.63, 3.8) is 0 Å². The van der Waals surface area contributed by atoms with Crippen molar-refractivity contribution < 1.29 is 9.18 Å². The highest BCUT2D eigenvalue weighted by Crippen LogP contribution is 2.19. The monoisotopic (exact) mass is 341 g/mol. The van der Waals surface area contributed by atoms with Crippen molar-refractivity contribution >= 4 is 34.7 Å². The molecule has 3 rings (SSSR count). The Hall–Kier alpha value is -2.92. The molecule has 2 N–H and O–H groups in total. The van der Waals surface area contributed by atoms with E-state index in [0.717, 1.165) is 5.69 Å². The largest absolute Gasteiger partial charge is 0.340 e. The average molecular weight is 342 g/mol. The van der Waals surface area contributed by atoms with Crippen LogP contribution in [0.25, 0.3) is 0 Å². The first-order valence-corrected chi connectivity index (χ1v) is 7.53. The molecular weight excluding hydrogens is 329 g/mol. The Morgan fingerprint density at radius 3 is 2.42 bits per heavy atom. The van der Waals surface area contributed by atoms with Gasteiger partial charge in [0.05, 0.1) is 11.9 Å². The molecule has 1 aromatic heterocycles. The zero-order chi connectivity index (χ0) is 16.9. The number of anilines is 3. The number of aromatic nitrogens is 1. The van der Waals surface area contributed by atoms with Crippen LogP contribution in [0.15, 0.2) is 66.9 Å². The maximum atomic E-state index is 13.1. The SMILES string of the molecule is O=C(Nc1ccc(Nc2ccc(Cl)cc2)nc1)c1cccc(F)c1. The first-order chi connectivity index (χ1) is 11.6. The van der Waals surface area contributed by atoms with Gasteiger partial charge in [-0.1, -0.05) is 17.7 Å². The van der Waals surface area contributed by atoms with E-state index in [4.69, 9.17) is 11.6 Å². The highest BCUT2D eigenvalue weighted by atomic mass is 35.5. The van der Waals surface area contributed by atoms with Crippen molar-refractivity contribution in [1.82, 2.24) is 4.98 Å². The molecule has 0 bridgehead atoms. The molecule has 0 aliphatic rings. The summed E-state index contributed by atoms with van der Waals surface area (Å²) in [6.45, 7) is 0. The van der Waals surface area contributed by atoms with Gasteiger partial charge in [-0.25, -0.2) is 9.37 Å². The van der Waals surface area contributed by atoms with Gasteiger partial charge in [-0.3, -0.25) is 4.79 Å². The van der Waals surface area contributed by atoms with E-state index in [1.165, 1.54) is 24.4 Å². The number of hydrogen-bond acceptors (Lipinski definition) is 3. The molecule has 0 aliphatic carbocycles. The van der Waals surface area contributed by atoms with Crippen LogP contribution in [0.2, 0.25) is 5.02 Å². The summed E-state index contributed by atoms with van der Waals surface area (Å²) in [5.74, 6) is -0.223. The van der Waals surface area contributed by atoms with Crippen LogP contribution in [0, 0.1) is 5.82 Å². The van der Waals surface area contributed by atoms with E-state index in [2.05, 4.69) is 15.6 Å². The van der Waals surface area contributed by atoms with Gasteiger partial charge in [0, 0.05) is 16.3 Å². The van der Waals surface area contributed by atoms with E-state index in [1.807, 2.05) is 12.1 Å². The molecule has 2 aromatic carbocycles. The van der Waals surface area contributed by atoms with Gasteiger partial charge in [0.15, 0.2) is 0 Å². The molecule has 0 aliphatic heterocycles. The number of nitrogens with zero attached hydrogens (tertiary/aromatic N) is 1. The topological polar surface area (TPSA) is 54.0 Å². The molecule has 0 spiro atoms. The number of carbonyl (C=O) groups excluding carboxylic acids is 1. The van der Waals surface area contributed by atoms with Crippen molar-refractivity contribution in [3.8, 4) is 0 Å². The Balaban J connectivity index is 1.66. The van der Waals surface area contributed by atoms with E-state index in [9.17, 15) is 9.18 Å². The molecule has 3 aromatic rings. The van der Waals surface area contributed by atoms with Crippen molar-refractivity contribution in [1.29, 1.82) is 0 Å². The van der Waals surface area contributed by atoms with Crippen LogP contribution < -0.4 is 10.6 Å². The molecular formula is C18H13ClFN3O. The second-order valence-electron chi connectivity index (χ2n) is 5.03. The fourth-order valence-corrected chi connectivity index (χ4v) is 2.18. The second kappa shape index (κ2) is 7.10. The summed E-state index contributed by atoms with van der Waals surface area (Å²) in [7, 11) is 0. The Bertz CT molecular complexity index is 851. The average Bonchev–Trinajstić information content (AvgIpc) is 2.59. The Morgan fingerprint density at radius 1 is 1.00 bits per heavy atom. The number of nitrogens with one attached hydrogen (secondary N) is 2. The summed E-state index contributed by atoms with van der Waals surface area (Å²) in [5, 5.41) is 6.45. The molecule has 0 saturated heterocycles. The first-order valence-electron chi connectivity index (χ1n) is 7.16. The minimum Gasteiger partial charge on any atom is -0.340 e. The molecule has 1 amide bonds. The van der Waals surface area contributed by atoms with Gasteiger partial charge in [-0.15, -0.1) is 0 Å². The summed E-state index contributed by atoms with van der Waals surface area (Å²) in [6, 6.07) is 16.2. The van der Waals surface area contributed by atoms with Crippen LogP contribution in [-0.4, -0.2) is 10.9 Å². The summed E-state index contributed by atoms with van der Waals surface area (Å²) in [6.07, 6.45) is 1.52. The zero-order valence-corrected chi connectivity index (χ0v) is 13.2. The van der Waals surface area contributed by atoms with Gasteiger partial charge in [0.1, 0.15) is 11.6 Å². The number of hydrogen-bond donors (Lipinski definition) is 2. The standard InChI is InChI=1S/C18H13ClFN3O/c19-13-4-6-15(7-5-13)22-17-9-8-16(11-21-17)23-18(24)12-2-1-3-14(20)10-12/h1-11H,(H,21,22)(H,23,24). The number of halogens is 2. The molecule has 0 fully saturated rings. The summed E-state index contributed by atoms with van der Waals surface area (Å²) in [5.41, 5.74) is 1.62. The minimum atomic E-state index is -0.455. The molecule has 0 saturated carbocycles. The maximum absolute atomic E-state index is 13.1. The molecule has 6 heteroatoms. The molecule has 0 atom stereocenters. The van der Waals surface area contributed by atoms with Crippen LogP contribution in [0.5, 0.6) is 0 Å². The highest BCUT2D eigenvalue weighted by Gasteiger charge is 2.07. The lowest BCUT2D eigenvalue weighted by Crippen LogP contribution is -2.12. The molecule has 4 nitrogen and oxygen atoms in total. The smallest absolute Gasteiger partial charge is 0.255 e. The molecule has 1 heterocycles. The molecule has 0 unspecified atom stereocenters. The third kappa shape index (κ3) is 4.08. The lowest BCUT2D eigenvalue weighted by atomic mass is 10.2. The van der Waals surface area contributed by atoms with Crippen LogP contribution >= 0.6 is 11.6 Å². The van der Waals surface area contributed by atoms with E-state index >= 15 is 0 Å². The van der Waals surface area contributed by atoms with Gasteiger partial charge in [-0.05, 0) is 54.6 Å². The number of benzene rings is 2. The van der Waals surface area contributed by atoms with Crippen molar-refractivity contribution in [2.24, 2.45) is 0 Å². The third-order valence-corrected chi connectivity index (χ3v) is 3.48. The normalized spacial score (nSPS) is 10.2. The van der Waals surface area contributed by atoms with Gasteiger partial charge >= 0.3 is 0 Å². The van der Waals surface area contributed by atoms with E-state index in [0.29, 0.717) is 16.5 Å². The van der Waals surface area contributed by atoms with Gasteiger partial charge in [0.2, 0.25) is 0 Å². The summed E-state index contributed by atoms with van der Waals surface area (Å²) in [4.78, 5) is 16.3. The van der Waals surface area contributed by atoms with Crippen molar-refractivity contribution in [2.75, 3.05) is 10.6 Å². The van der Waals surface area contributed by atoms with Crippen molar-refractivity contribution in [3.05, 3.63) is 83.3 Å². The fraction of sp³-hybridized carbons (Fsp3) is 0. The van der Waals surface area contributed by atoms with Crippen LogP contribution in [-0.2, 0) is 0 Å². The number of pyridine rings is 1. The van der Waals surface area contributed by atoms with Gasteiger partial charge < -0.3 is 10.6 Å². The summed E-state index contributed by atoms with van der Waals surface area (Å²) >= 11 is 5.84. The third-order valence-electron chi connectivity index (χ3n) is 3.22. The van der Waals surface area contributed by atoms with Crippen LogP contribution in [0.4, 0.5) is 21.6 Å². The zero-order valence-electron chi connectivity index (χ0n) is 12.5. The lowest BCUT2D eigenvalue weighted by molar-refractivity contribution is 0.102. The quantitative estimate of drug-likeness (QED) is 0.711. The minimum absolute atomic E-state index is 0.248. The Kier molecular flexibility index (Phi) is 4.72. The summed E-state index contributed by atoms with van der Waals surface area (Å²) < 4.78 is 13.1. The van der Waals surface area contributed by atoms with Gasteiger partial charge in [0.25, 0.3) is 5.91 Å². The van der Waals surface area contributed by atoms with E-state index in [-0.39, 0.29) is 5.56 Å². The number of carbonyl (C=O) groups is 1. The first kappa shape index (κ1) is 16.0. The van der Waals surface area contributed by atoms with E-state index < -0.39 is 11.7 Å². The Labute approximate surface area is 143 Å². The molecule has 120 valence electrons. The number of amides is 1. The highest BCUT2D eigenvalue weighted by molar-refractivity contribution is 6.30. The predicted molar refractivity (Wildman–Crippen MR) is 93.3 cm³/mol. The Morgan fingerprint density at radius 2 is 1.75 bits per heavy atom. The number of rotatable bonds is 4. The molecule has 0 radical (unpaired) electrons. The fourth-order valence-electron chi connectivity index (χ4n) is 2.06. The maximum Gasteiger partial charge on any atom is 0.255 e. The second-order valence-corrected chi connectivity index (χ2v) is 5.46. The molecule has 24 heavy (non-hydrogen) atoms. The van der Waals surface area contributed by atoms with Crippen LogP contribution in [0.1, 0.15) is 10.4 Å². The van der Waals surface area contributed by atoms with Crippen molar-refractivity contribution in [2.45, 2.75) is 0 Å². The van der Waals surface area contributed by atoms with Gasteiger partial charge in [-0.2, -0.15) is 0 Å². The van der Waals surface area contributed by atoms with E-state index in [1.54, 1.807) is 30.3 Å². The predicted octanol–water partition coefficient (Wildman–Crippen LogP) is 4.87. The lowest BCUT2D eigenvalue weighted by Gasteiger charge is -2.08. The van der Waals surface area contributed by atoms with Crippen LogP contribution in [0.3, 0.4) is 0 Å².